The summed E-state index contributed by atoms with van der Waals surface area (Å²) in [5.74, 6) is 0.826. The standard InChI is InChI=1S/C21H29N7.HI/c1-16-20(17(2)27(4)26-16)11-14-24-21(22-3)23-13-10-18-6-8-19(9-7-18)28-15-5-12-25-28;/h5-9,12,15H,10-11,13-14H2,1-4H3,(H2,22,23,24);1H. The number of aliphatic imine (C=N–C) groups is 1. The van der Waals surface area contributed by atoms with Crippen molar-refractivity contribution in [2.24, 2.45) is 12.0 Å². The summed E-state index contributed by atoms with van der Waals surface area (Å²) in [6.45, 7) is 5.82. The minimum Gasteiger partial charge on any atom is -0.356 e. The summed E-state index contributed by atoms with van der Waals surface area (Å²) in [7, 11) is 3.79. The highest BCUT2D eigenvalue weighted by Gasteiger charge is 2.09. The lowest BCUT2D eigenvalue weighted by Gasteiger charge is -2.12. The molecule has 156 valence electrons. The van der Waals surface area contributed by atoms with E-state index in [4.69, 9.17) is 0 Å². The summed E-state index contributed by atoms with van der Waals surface area (Å²) in [4.78, 5) is 4.31. The van der Waals surface area contributed by atoms with Crippen LogP contribution in [0.4, 0.5) is 0 Å². The van der Waals surface area contributed by atoms with E-state index in [2.05, 4.69) is 63.9 Å². The van der Waals surface area contributed by atoms with Gasteiger partial charge in [-0.15, -0.1) is 24.0 Å². The van der Waals surface area contributed by atoms with Gasteiger partial charge in [-0.3, -0.25) is 9.67 Å². The van der Waals surface area contributed by atoms with E-state index >= 15 is 0 Å². The molecule has 0 saturated carbocycles. The number of nitrogens with zero attached hydrogens (tertiary/aromatic N) is 5. The van der Waals surface area contributed by atoms with E-state index in [9.17, 15) is 0 Å². The van der Waals surface area contributed by atoms with Crippen LogP contribution >= 0.6 is 24.0 Å². The molecule has 0 aliphatic carbocycles. The van der Waals surface area contributed by atoms with Crippen LogP contribution in [-0.4, -0.2) is 45.7 Å². The molecule has 29 heavy (non-hydrogen) atoms. The lowest BCUT2D eigenvalue weighted by Crippen LogP contribution is -2.39. The Labute approximate surface area is 189 Å². The third-order valence-electron chi connectivity index (χ3n) is 4.96. The maximum absolute atomic E-state index is 4.47. The van der Waals surface area contributed by atoms with Crippen molar-refractivity contribution in [3.05, 3.63) is 65.2 Å². The molecule has 7 nitrogen and oxygen atoms in total. The van der Waals surface area contributed by atoms with Crippen LogP contribution < -0.4 is 10.6 Å². The third kappa shape index (κ3) is 6.06. The van der Waals surface area contributed by atoms with E-state index in [1.54, 1.807) is 13.2 Å². The van der Waals surface area contributed by atoms with Crippen molar-refractivity contribution >= 4 is 29.9 Å². The first-order valence-electron chi connectivity index (χ1n) is 9.61. The van der Waals surface area contributed by atoms with Crippen molar-refractivity contribution in [1.29, 1.82) is 0 Å². The van der Waals surface area contributed by atoms with E-state index < -0.39 is 0 Å². The summed E-state index contributed by atoms with van der Waals surface area (Å²) in [6, 6.07) is 10.4. The molecular formula is C21H30IN7. The molecule has 2 heterocycles. The molecule has 8 heteroatoms. The average molecular weight is 507 g/mol. The van der Waals surface area contributed by atoms with Gasteiger partial charge in [0.05, 0.1) is 11.4 Å². The molecule has 0 aliphatic heterocycles. The van der Waals surface area contributed by atoms with Gasteiger partial charge in [0.25, 0.3) is 0 Å². The highest BCUT2D eigenvalue weighted by atomic mass is 127. The lowest BCUT2D eigenvalue weighted by atomic mass is 10.1. The first-order valence-corrected chi connectivity index (χ1v) is 9.61. The molecule has 0 aliphatic rings. The van der Waals surface area contributed by atoms with E-state index in [0.29, 0.717) is 0 Å². The summed E-state index contributed by atoms with van der Waals surface area (Å²) >= 11 is 0. The second-order valence-electron chi connectivity index (χ2n) is 6.82. The zero-order chi connectivity index (χ0) is 19.9. The monoisotopic (exact) mass is 507 g/mol. The van der Waals surface area contributed by atoms with Crippen LogP contribution in [0.3, 0.4) is 0 Å². The predicted octanol–water partition coefficient (Wildman–Crippen LogP) is 2.79. The summed E-state index contributed by atoms with van der Waals surface area (Å²) < 4.78 is 3.80. The third-order valence-corrected chi connectivity index (χ3v) is 4.96. The van der Waals surface area contributed by atoms with Crippen molar-refractivity contribution < 1.29 is 0 Å². The first kappa shape index (κ1) is 22.9. The fraction of sp³-hybridized carbons (Fsp3) is 0.381. The predicted molar refractivity (Wildman–Crippen MR) is 128 cm³/mol. The maximum Gasteiger partial charge on any atom is 0.190 e. The van der Waals surface area contributed by atoms with Crippen LogP contribution in [0.15, 0.2) is 47.7 Å². The number of guanidine groups is 1. The van der Waals surface area contributed by atoms with Gasteiger partial charge in [0, 0.05) is 45.3 Å². The normalized spacial score (nSPS) is 11.2. The zero-order valence-corrected chi connectivity index (χ0v) is 19.8. The Morgan fingerprint density at radius 1 is 1.07 bits per heavy atom. The summed E-state index contributed by atoms with van der Waals surface area (Å²) in [6.07, 6.45) is 5.59. The number of rotatable bonds is 7. The van der Waals surface area contributed by atoms with Crippen molar-refractivity contribution in [3.8, 4) is 5.69 Å². The maximum atomic E-state index is 4.47. The largest absolute Gasteiger partial charge is 0.356 e. The molecule has 0 bridgehead atoms. The van der Waals surface area contributed by atoms with Gasteiger partial charge in [-0.05, 0) is 56.0 Å². The topological polar surface area (TPSA) is 72.1 Å². The number of benzene rings is 1. The highest BCUT2D eigenvalue weighted by Crippen LogP contribution is 2.12. The Morgan fingerprint density at radius 3 is 2.31 bits per heavy atom. The molecule has 0 spiro atoms. The zero-order valence-electron chi connectivity index (χ0n) is 17.5. The van der Waals surface area contributed by atoms with Crippen molar-refractivity contribution in [1.82, 2.24) is 30.2 Å². The van der Waals surface area contributed by atoms with Crippen LogP contribution in [-0.2, 0) is 19.9 Å². The van der Waals surface area contributed by atoms with Crippen LogP contribution in [0, 0.1) is 13.8 Å². The Morgan fingerprint density at radius 2 is 1.76 bits per heavy atom. The molecule has 1 aromatic carbocycles. The molecule has 0 amide bonds. The number of halogens is 1. The molecule has 2 aromatic heterocycles. The average Bonchev–Trinajstić information content (AvgIpc) is 3.31. The lowest BCUT2D eigenvalue weighted by molar-refractivity contribution is 0.728. The molecular weight excluding hydrogens is 477 g/mol. The second-order valence-corrected chi connectivity index (χ2v) is 6.82. The van der Waals surface area contributed by atoms with Crippen LogP contribution in [0.2, 0.25) is 0 Å². The molecule has 2 N–H and O–H groups in total. The number of aromatic nitrogens is 4. The minimum absolute atomic E-state index is 0. The fourth-order valence-corrected chi connectivity index (χ4v) is 3.27. The number of aryl methyl sites for hydroxylation is 2. The molecule has 0 unspecified atom stereocenters. The van der Waals surface area contributed by atoms with Gasteiger partial charge >= 0.3 is 0 Å². The van der Waals surface area contributed by atoms with E-state index in [-0.39, 0.29) is 24.0 Å². The molecule has 3 rings (SSSR count). The van der Waals surface area contributed by atoms with E-state index in [1.807, 2.05) is 28.7 Å². The van der Waals surface area contributed by atoms with Crippen LogP contribution in [0.25, 0.3) is 5.69 Å². The van der Waals surface area contributed by atoms with Crippen LogP contribution in [0.1, 0.15) is 22.5 Å². The van der Waals surface area contributed by atoms with Gasteiger partial charge < -0.3 is 10.6 Å². The Kier molecular flexibility index (Phi) is 8.69. The number of hydrogen-bond acceptors (Lipinski definition) is 3. The van der Waals surface area contributed by atoms with E-state index in [0.717, 1.165) is 43.3 Å². The summed E-state index contributed by atoms with van der Waals surface area (Å²) in [5.41, 5.74) is 5.98. The van der Waals surface area contributed by atoms with Gasteiger partial charge in [-0.1, -0.05) is 12.1 Å². The van der Waals surface area contributed by atoms with Gasteiger partial charge in [0.2, 0.25) is 0 Å². The van der Waals surface area contributed by atoms with Gasteiger partial charge in [0.15, 0.2) is 5.96 Å². The molecule has 0 atom stereocenters. The van der Waals surface area contributed by atoms with Crippen molar-refractivity contribution in [2.75, 3.05) is 20.1 Å². The smallest absolute Gasteiger partial charge is 0.190 e. The Balaban J connectivity index is 0.00000300. The molecule has 0 saturated heterocycles. The Bertz CT molecular complexity index is 911. The van der Waals surface area contributed by atoms with Gasteiger partial charge in [-0.25, -0.2) is 4.68 Å². The first-order chi connectivity index (χ1) is 13.6. The van der Waals surface area contributed by atoms with Crippen molar-refractivity contribution in [3.63, 3.8) is 0 Å². The molecule has 0 fully saturated rings. The quantitative estimate of drug-likeness (QED) is 0.293. The SMILES string of the molecule is CN=C(NCCc1ccc(-n2cccn2)cc1)NCCc1c(C)nn(C)c1C.I. The Hall–Kier alpha value is -2.36. The van der Waals surface area contributed by atoms with E-state index in [1.165, 1.54) is 16.8 Å². The van der Waals surface area contributed by atoms with Gasteiger partial charge in [-0.2, -0.15) is 10.2 Å². The van der Waals surface area contributed by atoms with Crippen LogP contribution in [0.5, 0.6) is 0 Å². The van der Waals surface area contributed by atoms with Gasteiger partial charge in [0.1, 0.15) is 0 Å². The number of hydrogen-bond donors (Lipinski definition) is 2. The number of nitrogens with one attached hydrogen (secondary N) is 2. The summed E-state index contributed by atoms with van der Waals surface area (Å²) in [5, 5.41) is 15.5. The van der Waals surface area contributed by atoms with Crippen molar-refractivity contribution in [2.45, 2.75) is 26.7 Å². The molecule has 0 radical (unpaired) electrons. The second kappa shape index (κ2) is 11.0. The molecule has 3 aromatic rings. The highest BCUT2D eigenvalue weighted by molar-refractivity contribution is 14.0. The fourth-order valence-electron chi connectivity index (χ4n) is 3.27. The minimum atomic E-state index is 0.